The predicted molar refractivity (Wildman–Crippen MR) is 454 cm³/mol. The van der Waals surface area contributed by atoms with Gasteiger partial charge in [0, 0.05) is 12.3 Å². The molecule has 0 bridgehead atoms. The van der Waals surface area contributed by atoms with Crippen LogP contribution >= 0.6 is 0 Å². The molecule has 0 aromatic heterocycles. The van der Waals surface area contributed by atoms with Gasteiger partial charge in [0.25, 0.3) is 0 Å². The fraction of sp³-hybridized carbons (Fsp3) is 0.559. The maximum absolute atomic E-state index is 15.0. The van der Waals surface area contributed by atoms with E-state index in [1.165, 1.54) is 19.3 Å². The summed E-state index contributed by atoms with van der Waals surface area (Å²) in [5.41, 5.74) is 5.11. The van der Waals surface area contributed by atoms with Gasteiger partial charge >= 0.3 is 24.0 Å². The highest BCUT2D eigenvalue weighted by atomic mass is 16.6. The summed E-state index contributed by atoms with van der Waals surface area (Å²) >= 11 is 0. The predicted octanol–water partition coefficient (Wildman–Crippen LogP) is 14.0. The molecular weight excluding hydrogens is 1500 g/mol. The average Bonchev–Trinajstić information content (AvgIpc) is 1.61. The molecular formula is C93H132N8O17. The van der Waals surface area contributed by atoms with Gasteiger partial charge in [-0.2, -0.15) is 0 Å². The first-order valence-electron chi connectivity index (χ1n) is 42.3. The normalized spacial score (nSPS) is 14.2. The molecule has 0 aliphatic heterocycles. The quantitative estimate of drug-likeness (QED) is 0.0102. The Labute approximate surface area is 699 Å². The third-order valence-electron chi connectivity index (χ3n) is 20.8. The SMILES string of the molecule is CCCCCCCCCCCC(CC(=O)OCc1ccccc1)OC(=O)[C@@H](NC(=O)[C@H](CC(C)C)NC(=O)[C@H](CC(=O)OC(C)(C)C)NC(=O)[C@@H](NC(=O)[C@H](CC(C)C)NC(=O)[C@H](CC(C)C)NC(=O)[C@H](CCC(=O)NC(c1ccc(OC)cc1)c1ccc(OC)cc1)NC(=O)OCC1c2ccccc2-c2ccccc21)C(C)C)[C@@H](C)CC. The fourth-order valence-electron chi connectivity index (χ4n) is 14.3. The van der Waals surface area contributed by atoms with Gasteiger partial charge in [0.05, 0.1) is 33.1 Å². The number of carbonyl (C=O) groups excluding carboxylic acids is 11. The molecule has 0 spiro atoms. The van der Waals surface area contributed by atoms with Gasteiger partial charge in [0.15, 0.2) is 0 Å². The summed E-state index contributed by atoms with van der Waals surface area (Å²) in [5, 5.41) is 22.5. The summed E-state index contributed by atoms with van der Waals surface area (Å²) in [6.45, 7) is 24.9. The number of benzene rings is 5. The van der Waals surface area contributed by atoms with Gasteiger partial charge in [-0.05, 0) is 152 Å². The summed E-state index contributed by atoms with van der Waals surface area (Å²) < 4.78 is 34.2. The van der Waals surface area contributed by atoms with Crippen molar-refractivity contribution >= 4 is 65.4 Å². The van der Waals surface area contributed by atoms with Crippen molar-refractivity contribution in [2.75, 3.05) is 20.8 Å². The zero-order valence-corrected chi connectivity index (χ0v) is 72.4. The van der Waals surface area contributed by atoms with Gasteiger partial charge in [-0.1, -0.05) is 237 Å². The number of amides is 8. The second-order valence-corrected chi connectivity index (χ2v) is 33.7. The van der Waals surface area contributed by atoms with Crippen LogP contribution in [0.5, 0.6) is 11.5 Å². The first kappa shape index (κ1) is 96.5. The van der Waals surface area contributed by atoms with E-state index in [9.17, 15) is 52.7 Å². The molecule has 0 heterocycles. The van der Waals surface area contributed by atoms with E-state index in [0.717, 1.165) is 71.0 Å². The lowest BCUT2D eigenvalue weighted by Gasteiger charge is -2.30. The largest absolute Gasteiger partial charge is 0.497 e. The Kier molecular flexibility index (Phi) is 40.2. The highest BCUT2D eigenvalue weighted by Crippen LogP contribution is 2.44. The van der Waals surface area contributed by atoms with Crippen molar-refractivity contribution in [3.63, 3.8) is 0 Å². The maximum atomic E-state index is 15.0. The van der Waals surface area contributed by atoms with E-state index in [1.807, 2.05) is 152 Å². The molecule has 1 aliphatic carbocycles. The Balaban J connectivity index is 1.21. The smallest absolute Gasteiger partial charge is 0.407 e. The fourth-order valence-corrected chi connectivity index (χ4v) is 14.3. The van der Waals surface area contributed by atoms with Crippen LogP contribution in [0.25, 0.3) is 11.1 Å². The molecule has 1 unspecified atom stereocenters. The van der Waals surface area contributed by atoms with Crippen LogP contribution < -0.4 is 52.0 Å². The summed E-state index contributed by atoms with van der Waals surface area (Å²) in [6, 6.07) is 28.7. The number of unbranched alkanes of at least 4 members (excludes halogenated alkanes) is 8. The number of hydrogen-bond acceptors (Lipinski definition) is 17. The van der Waals surface area contributed by atoms with E-state index >= 15 is 0 Å². The van der Waals surface area contributed by atoms with Crippen molar-refractivity contribution in [1.82, 2.24) is 42.5 Å². The van der Waals surface area contributed by atoms with Crippen molar-refractivity contribution < 1.29 is 81.2 Å². The molecule has 118 heavy (non-hydrogen) atoms. The van der Waals surface area contributed by atoms with Crippen molar-refractivity contribution in [2.24, 2.45) is 29.6 Å². The first-order chi connectivity index (χ1) is 56.2. The maximum Gasteiger partial charge on any atom is 0.407 e. The molecule has 5 aromatic carbocycles. The Hall–Kier alpha value is -10.3. The summed E-state index contributed by atoms with van der Waals surface area (Å²) in [6.07, 6.45) is 7.04. The molecule has 6 rings (SSSR count). The average molecular weight is 1630 g/mol. The minimum absolute atomic E-state index is 0.0316. The number of methoxy groups -OCH3 is 2. The molecule has 25 heteroatoms. The molecule has 8 amide bonds. The van der Waals surface area contributed by atoms with Gasteiger partial charge in [-0.15, -0.1) is 0 Å². The van der Waals surface area contributed by atoms with Crippen LogP contribution in [0.2, 0.25) is 0 Å². The molecule has 25 nitrogen and oxygen atoms in total. The van der Waals surface area contributed by atoms with Crippen LogP contribution in [0.4, 0.5) is 4.79 Å². The van der Waals surface area contributed by atoms with Crippen LogP contribution in [0.3, 0.4) is 0 Å². The molecule has 9 atom stereocenters. The van der Waals surface area contributed by atoms with E-state index < -0.39 is 144 Å². The Bertz CT molecular complexity index is 3940. The van der Waals surface area contributed by atoms with Crippen LogP contribution in [-0.2, 0) is 73.5 Å². The molecule has 646 valence electrons. The van der Waals surface area contributed by atoms with Crippen LogP contribution in [0.1, 0.15) is 252 Å². The zero-order chi connectivity index (χ0) is 86.6. The number of rotatable bonds is 50. The molecule has 0 radical (unpaired) electrons. The van der Waals surface area contributed by atoms with Crippen LogP contribution in [0.15, 0.2) is 127 Å². The van der Waals surface area contributed by atoms with Gasteiger partial charge in [-0.25, -0.2) is 9.59 Å². The van der Waals surface area contributed by atoms with Crippen LogP contribution in [0, 0.1) is 29.6 Å². The van der Waals surface area contributed by atoms with Crippen molar-refractivity contribution in [2.45, 2.75) is 285 Å². The number of carbonyl (C=O) groups is 11. The second-order valence-electron chi connectivity index (χ2n) is 33.7. The molecule has 1 aliphatic rings. The van der Waals surface area contributed by atoms with Crippen LogP contribution in [-0.4, -0.2) is 140 Å². The lowest BCUT2D eigenvalue weighted by atomic mass is 9.97. The summed E-state index contributed by atoms with van der Waals surface area (Å²) in [7, 11) is 3.10. The minimum Gasteiger partial charge on any atom is -0.497 e. The third kappa shape index (κ3) is 32.5. The summed E-state index contributed by atoms with van der Waals surface area (Å²) in [5.74, 6) is -8.76. The Morgan fingerprint density at radius 2 is 0.881 bits per heavy atom. The standard InChI is InChI=1S/C93H132N8O17/c1-17-19-20-21-22-23-24-25-29-36-68(54-80(103)115-56-63-34-27-26-28-35-63)117-91(111)83(62(11)18-2)101-89(109)77(53-60(7)8)96-87(107)78(55-81(104)118-93(12,13)14)97-90(110)82(61(9)10)100-88(108)76(52-59(5)6)95-86(106)75(51-58(3)4)94-85(105)74(98-92(112)116-57-73-71-39-32-30-37-69(71)70-38-31-33-40-72(70)73)49-50-79(102)99-84(64-41-45-66(113-15)46-42-64)65-43-47-67(114-16)48-44-65/h26-28,30-35,37-48,58-62,68,73-78,82-84H,17-25,29,36,49-57H2,1-16H3,(H,94,105)(H,95,106)(H,96,107)(H,97,110)(H,98,112)(H,99,102)(H,100,108)(H,101,109)/t62-,68?,74-,75-,76-,77-,78-,82-,83-/m0/s1. The zero-order valence-electron chi connectivity index (χ0n) is 72.4. The number of esters is 3. The van der Waals surface area contributed by atoms with E-state index in [2.05, 4.69) is 49.5 Å². The lowest BCUT2D eigenvalue weighted by Crippen LogP contribution is -2.61. The Morgan fingerprint density at radius 3 is 1.36 bits per heavy atom. The van der Waals surface area contributed by atoms with E-state index in [0.29, 0.717) is 30.8 Å². The topological polar surface area (TPSA) is 339 Å². The lowest BCUT2D eigenvalue weighted by molar-refractivity contribution is -0.160. The molecule has 5 aromatic rings. The van der Waals surface area contributed by atoms with Crippen molar-refractivity contribution in [1.29, 1.82) is 0 Å². The Morgan fingerprint density at radius 1 is 0.432 bits per heavy atom. The minimum atomic E-state index is -1.71. The third-order valence-corrected chi connectivity index (χ3v) is 20.8. The number of fused-ring (bicyclic) bond motifs is 3. The second kappa shape index (κ2) is 49.2. The van der Waals surface area contributed by atoms with Crippen molar-refractivity contribution in [3.8, 4) is 22.6 Å². The molecule has 0 saturated carbocycles. The highest BCUT2D eigenvalue weighted by Gasteiger charge is 2.40. The number of ether oxygens (including phenoxy) is 6. The van der Waals surface area contributed by atoms with Gasteiger partial charge in [0.2, 0.25) is 41.4 Å². The van der Waals surface area contributed by atoms with E-state index in [4.69, 9.17) is 28.4 Å². The molecule has 0 fully saturated rings. The summed E-state index contributed by atoms with van der Waals surface area (Å²) in [4.78, 5) is 160. The first-order valence-corrected chi connectivity index (χ1v) is 42.3. The number of alkyl carbamates (subject to hydrolysis) is 1. The van der Waals surface area contributed by atoms with E-state index in [1.54, 1.807) is 80.0 Å². The van der Waals surface area contributed by atoms with E-state index in [-0.39, 0.29) is 75.4 Å². The highest BCUT2D eigenvalue weighted by molar-refractivity contribution is 5.99. The molecule has 0 saturated heterocycles. The van der Waals surface area contributed by atoms with Gasteiger partial charge in [0.1, 0.15) is 78.7 Å². The number of hydrogen-bond donors (Lipinski definition) is 8. The van der Waals surface area contributed by atoms with Gasteiger partial charge in [-0.3, -0.25) is 43.2 Å². The molecule has 8 N–H and O–H groups in total. The number of nitrogens with one attached hydrogen (secondary N) is 8. The monoisotopic (exact) mass is 1630 g/mol. The van der Waals surface area contributed by atoms with Crippen molar-refractivity contribution in [3.05, 3.63) is 155 Å². The van der Waals surface area contributed by atoms with Gasteiger partial charge < -0.3 is 71.0 Å².